The lowest BCUT2D eigenvalue weighted by molar-refractivity contribution is 0.256. The first kappa shape index (κ1) is 15.9. The lowest BCUT2D eigenvalue weighted by atomic mass is 10.0. The molecule has 0 aliphatic carbocycles. The van der Waals surface area contributed by atoms with Gasteiger partial charge >= 0.3 is 0 Å². The van der Waals surface area contributed by atoms with Gasteiger partial charge in [-0.25, -0.2) is 8.42 Å². The molecule has 1 aliphatic rings. The van der Waals surface area contributed by atoms with Crippen molar-refractivity contribution in [1.29, 1.82) is 0 Å². The quantitative estimate of drug-likeness (QED) is 0.790. The molecule has 0 aromatic carbocycles. The van der Waals surface area contributed by atoms with Crippen molar-refractivity contribution in [2.24, 2.45) is 5.92 Å². The lowest BCUT2D eigenvalue weighted by Gasteiger charge is -2.25. The highest BCUT2D eigenvalue weighted by Crippen LogP contribution is 2.10. The van der Waals surface area contributed by atoms with E-state index in [9.17, 15) is 8.42 Å². The minimum absolute atomic E-state index is 0.311. The third-order valence-corrected chi connectivity index (χ3v) is 4.34. The largest absolute Gasteiger partial charge is 0.313 e. The van der Waals surface area contributed by atoms with Gasteiger partial charge in [0.15, 0.2) is 0 Å². The van der Waals surface area contributed by atoms with Crippen LogP contribution in [0.1, 0.15) is 33.1 Å². The zero-order valence-corrected chi connectivity index (χ0v) is 12.8. The molecule has 108 valence electrons. The average Bonchev–Trinajstić information content (AvgIpc) is 2.40. The minimum atomic E-state index is -2.81. The van der Waals surface area contributed by atoms with Crippen LogP contribution in [0, 0.1) is 5.92 Å². The van der Waals surface area contributed by atoms with Crippen LogP contribution in [-0.4, -0.2) is 57.5 Å². The van der Waals surface area contributed by atoms with Gasteiger partial charge in [0.05, 0.1) is 5.75 Å². The maximum atomic E-state index is 11.1. The van der Waals surface area contributed by atoms with E-state index in [4.69, 9.17) is 0 Å². The van der Waals surface area contributed by atoms with E-state index in [1.807, 2.05) is 0 Å². The summed E-state index contributed by atoms with van der Waals surface area (Å²) in [6, 6.07) is 0.561. The predicted octanol–water partition coefficient (Wildman–Crippen LogP) is 1.13. The number of nitrogens with one attached hydrogen (secondary N) is 1. The fourth-order valence-corrected chi connectivity index (χ4v) is 3.21. The molecular formula is C13H28N2O2S. The summed E-state index contributed by atoms with van der Waals surface area (Å²) in [6.07, 6.45) is 4.43. The van der Waals surface area contributed by atoms with Gasteiger partial charge in [-0.15, -0.1) is 0 Å². The number of hydrogen-bond donors (Lipinski definition) is 1. The second kappa shape index (κ2) is 7.46. The summed E-state index contributed by atoms with van der Waals surface area (Å²) in [7, 11) is -2.81. The van der Waals surface area contributed by atoms with Crippen molar-refractivity contribution in [3.05, 3.63) is 0 Å². The summed E-state index contributed by atoms with van der Waals surface area (Å²) >= 11 is 0. The third kappa shape index (κ3) is 7.34. The molecule has 0 spiro atoms. The van der Waals surface area contributed by atoms with Crippen LogP contribution in [0.4, 0.5) is 0 Å². The van der Waals surface area contributed by atoms with Gasteiger partial charge in [0, 0.05) is 18.8 Å². The maximum Gasteiger partial charge on any atom is 0.147 e. The van der Waals surface area contributed by atoms with Gasteiger partial charge in [0.1, 0.15) is 9.84 Å². The molecule has 1 saturated heterocycles. The molecule has 1 unspecified atom stereocenters. The lowest BCUT2D eigenvalue weighted by Crippen LogP contribution is -2.39. The molecular weight excluding hydrogens is 248 g/mol. The molecule has 1 atom stereocenters. The Bertz CT molecular complexity index is 328. The maximum absolute atomic E-state index is 11.1. The summed E-state index contributed by atoms with van der Waals surface area (Å²) in [4.78, 5) is 2.41. The highest BCUT2D eigenvalue weighted by molar-refractivity contribution is 7.90. The SMILES string of the molecule is CC(C)CC1CN(CCCS(C)(=O)=O)CCCN1. The molecule has 4 nitrogen and oxygen atoms in total. The highest BCUT2D eigenvalue weighted by Gasteiger charge is 2.18. The standard InChI is InChI=1S/C13H28N2O2S/c1-12(2)10-13-11-15(7-4-6-14-13)8-5-9-18(3,16)17/h12-14H,4-11H2,1-3H3. The van der Waals surface area contributed by atoms with E-state index in [1.165, 1.54) is 12.7 Å². The summed E-state index contributed by atoms with van der Waals surface area (Å²) in [5.74, 6) is 1.02. The van der Waals surface area contributed by atoms with E-state index in [0.717, 1.165) is 39.0 Å². The van der Waals surface area contributed by atoms with E-state index in [0.29, 0.717) is 17.7 Å². The van der Waals surface area contributed by atoms with Gasteiger partial charge in [0.2, 0.25) is 0 Å². The normalized spacial score (nSPS) is 23.2. The summed E-state index contributed by atoms with van der Waals surface area (Å²) in [5, 5.41) is 3.59. The van der Waals surface area contributed by atoms with Gasteiger partial charge < -0.3 is 10.2 Å². The Morgan fingerprint density at radius 3 is 2.72 bits per heavy atom. The number of sulfone groups is 1. The van der Waals surface area contributed by atoms with E-state index < -0.39 is 9.84 Å². The molecule has 1 aliphatic heterocycles. The number of rotatable bonds is 6. The van der Waals surface area contributed by atoms with Crippen LogP contribution < -0.4 is 5.32 Å². The van der Waals surface area contributed by atoms with Crippen molar-refractivity contribution in [3.8, 4) is 0 Å². The Morgan fingerprint density at radius 1 is 1.39 bits per heavy atom. The number of nitrogens with zero attached hydrogens (tertiary/aromatic N) is 1. The Hall–Kier alpha value is -0.130. The monoisotopic (exact) mass is 276 g/mol. The van der Waals surface area contributed by atoms with Crippen molar-refractivity contribution in [3.63, 3.8) is 0 Å². The average molecular weight is 276 g/mol. The predicted molar refractivity (Wildman–Crippen MR) is 76.6 cm³/mol. The molecule has 5 heteroatoms. The van der Waals surface area contributed by atoms with Crippen LogP contribution in [0.2, 0.25) is 0 Å². The zero-order valence-electron chi connectivity index (χ0n) is 12.0. The Kier molecular flexibility index (Phi) is 6.60. The van der Waals surface area contributed by atoms with Crippen LogP contribution >= 0.6 is 0 Å². The van der Waals surface area contributed by atoms with Crippen molar-refractivity contribution in [2.75, 3.05) is 38.2 Å². The summed E-state index contributed by atoms with van der Waals surface area (Å²) in [5.41, 5.74) is 0. The van der Waals surface area contributed by atoms with Crippen molar-refractivity contribution in [2.45, 2.75) is 39.2 Å². The number of hydrogen-bond acceptors (Lipinski definition) is 4. The van der Waals surface area contributed by atoms with E-state index in [2.05, 4.69) is 24.1 Å². The zero-order chi connectivity index (χ0) is 13.6. The summed E-state index contributed by atoms with van der Waals surface area (Å²) < 4.78 is 22.2. The molecule has 0 amide bonds. The van der Waals surface area contributed by atoms with Crippen molar-refractivity contribution >= 4 is 9.84 Å². The van der Waals surface area contributed by atoms with Crippen LogP contribution in [0.3, 0.4) is 0 Å². The van der Waals surface area contributed by atoms with Gasteiger partial charge in [-0.3, -0.25) is 0 Å². The van der Waals surface area contributed by atoms with E-state index in [1.54, 1.807) is 0 Å². The smallest absolute Gasteiger partial charge is 0.147 e. The molecule has 1 fully saturated rings. The van der Waals surface area contributed by atoms with Crippen molar-refractivity contribution in [1.82, 2.24) is 10.2 Å². The minimum Gasteiger partial charge on any atom is -0.313 e. The van der Waals surface area contributed by atoms with Gasteiger partial charge in [-0.05, 0) is 44.8 Å². The first-order valence-corrected chi connectivity index (χ1v) is 9.06. The molecule has 1 rings (SSSR count). The van der Waals surface area contributed by atoms with Gasteiger partial charge in [-0.1, -0.05) is 13.8 Å². The van der Waals surface area contributed by atoms with E-state index >= 15 is 0 Å². The van der Waals surface area contributed by atoms with Crippen LogP contribution in [-0.2, 0) is 9.84 Å². The van der Waals surface area contributed by atoms with Gasteiger partial charge in [0.25, 0.3) is 0 Å². The van der Waals surface area contributed by atoms with Crippen LogP contribution in [0.5, 0.6) is 0 Å². The Labute approximate surface area is 112 Å². The Morgan fingerprint density at radius 2 is 2.11 bits per heavy atom. The molecule has 0 radical (unpaired) electrons. The molecule has 0 saturated carbocycles. The Balaban J connectivity index is 2.34. The highest BCUT2D eigenvalue weighted by atomic mass is 32.2. The fraction of sp³-hybridized carbons (Fsp3) is 1.00. The molecule has 0 bridgehead atoms. The van der Waals surface area contributed by atoms with Crippen LogP contribution in [0.15, 0.2) is 0 Å². The molecule has 0 aromatic heterocycles. The molecule has 18 heavy (non-hydrogen) atoms. The molecule has 0 aromatic rings. The first-order valence-electron chi connectivity index (χ1n) is 7.00. The fourth-order valence-electron chi connectivity index (χ4n) is 2.56. The van der Waals surface area contributed by atoms with Crippen LogP contribution in [0.25, 0.3) is 0 Å². The topological polar surface area (TPSA) is 49.4 Å². The second-order valence-electron chi connectivity index (χ2n) is 5.92. The molecule has 1 N–H and O–H groups in total. The third-order valence-electron chi connectivity index (χ3n) is 3.31. The summed E-state index contributed by atoms with van der Waals surface area (Å²) in [6.45, 7) is 8.64. The van der Waals surface area contributed by atoms with E-state index in [-0.39, 0.29) is 0 Å². The first-order chi connectivity index (χ1) is 8.37. The van der Waals surface area contributed by atoms with Crippen molar-refractivity contribution < 1.29 is 8.42 Å². The second-order valence-corrected chi connectivity index (χ2v) is 8.18. The van der Waals surface area contributed by atoms with Gasteiger partial charge in [-0.2, -0.15) is 0 Å². The molecule has 1 heterocycles.